The fourth-order valence-electron chi connectivity index (χ4n) is 10.5. The van der Waals surface area contributed by atoms with Crippen LogP contribution in [0.2, 0.25) is 0 Å². The lowest BCUT2D eigenvalue weighted by molar-refractivity contribution is -0.145. The van der Waals surface area contributed by atoms with Crippen LogP contribution in [0.3, 0.4) is 0 Å². The van der Waals surface area contributed by atoms with E-state index in [9.17, 15) is 83.4 Å². The summed E-state index contributed by atoms with van der Waals surface area (Å²) in [5.74, 6) is -12.2. The Kier molecular flexibility index (Phi) is 31.5. The Labute approximate surface area is 558 Å². The molecule has 0 spiro atoms. The van der Waals surface area contributed by atoms with Crippen molar-refractivity contribution in [3.63, 3.8) is 0 Å². The van der Waals surface area contributed by atoms with Crippen LogP contribution in [0.15, 0.2) is 67.3 Å². The number of rotatable bonds is 41. The number of carboxylic acids is 1. The number of imidazole rings is 1. The van der Waals surface area contributed by atoms with Gasteiger partial charge >= 0.3 is 5.97 Å². The van der Waals surface area contributed by atoms with Crippen molar-refractivity contribution < 1.29 is 83.4 Å². The fraction of sp³-hybridized carbons (Fsp3) is 0.532. The highest BCUT2D eigenvalue weighted by molar-refractivity contribution is 5.99. The number of amides is 10. The summed E-state index contributed by atoms with van der Waals surface area (Å²) in [5, 5.41) is 99.5. The number of hydrogen-bond donors (Lipinski definition) is 23. The van der Waals surface area contributed by atoms with Gasteiger partial charge in [-0.2, -0.15) is 0 Å². The molecule has 0 unspecified atom stereocenters. The van der Waals surface area contributed by atoms with Crippen LogP contribution in [-0.4, -0.2) is 229 Å². The summed E-state index contributed by atoms with van der Waals surface area (Å²) < 4.78 is 0. The van der Waals surface area contributed by atoms with Gasteiger partial charge in [-0.3, -0.25) is 53.4 Å². The van der Waals surface area contributed by atoms with E-state index >= 15 is 0 Å². The second-order valence-corrected chi connectivity index (χ2v) is 23.9. The monoisotopic (exact) mass is 1360 g/mol. The maximum absolute atomic E-state index is 14.5. The third-order valence-electron chi connectivity index (χ3n) is 15.7. The number of aliphatic hydroxyl groups is 4. The zero-order chi connectivity index (χ0) is 71.3. The standard InChI is InChI=1S/C62H92N18O17/c1-32(2)22-43(73-57(92)46(25-36-27-66-31-70-36)76-56(91)45(75-51(86)40-13-8-20-67-40)24-35-26-69-39-11-5-4-10-38(35)39)54(89)77-49(30-83)60(95)79-48(29-82)59(94)71-41(12-6-7-19-63)52(87)74-44(23-34-15-17-37(85)18-16-34)55(90)78-47(28-81)58(93)72-42(14-9-21-68-62(64)65)53(88)80-50(33(3)84)61(96)97/h4-5,10-11,15-18,26-27,31-33,40-50,67,69,81-85H,6-9,12-14,19-25,28-30,63H2,1-3H3,(H,66,70)(H,71,94)(H,72,93)(H,73,92)(H,74,87)(H,75,86)(H,76,91)(H,77,89)(H,78,90)(H,79,95)(H,80,88)(H,96,97)(H4,64,65,68)/t33-,40+,41+,42+,43+,44+,45+,46+,47+,48+,49+,50+/m1/s1. The van der Waals surface area contributed by atoms with Crippen LogP contribution < -0.4 is 75.3 Å². The number of nitrogens with zero attached hydrogens (tertiary/aromatic N) is 1. The molecule has 25 N–H and O–H groups in total. The van der Waals surface area contributed by atoms with Crippen LogP contribution >= 0.6 is 0 Å². The molecule has 10 amide bonds. The maximum atomic E-state index is 14.5. The van der Waals surface area contributed by atoms with Crippen molar-refractivity contribution in [1.82, 2.24) is 78.8 Å². The van der Waals surface area contributed by atoms with Gasteiger partial charge in [-0.25, -0.2) is 9.78 Å². The highest BCUT2D eigenvalue weighted by atomic mass is 16.4. The molecule has 2 aromatic heterocycles. The normalized spacial score (nSPS) is 16.2. The summed E-state index contributed by atoms with van der Waals surface area (Å²) in [6, 6.07) is -3.96. The van der Waals surface area contributed by atoms with E-state index < -0.39 is 163 Å². The van der Waals surface area contributed by atoms with Gasteiger partial charge in [0.15, 0.2) is 12.0 Å². The quantitative estimate of drug-likeness (QED) is 0.0112. The zero-order valence-electron chi connectivity index (χ0n) is 54.2. The van der Waals surface area contributed by atoms with E-state index in [2.05, 4.69) is 78.8 Å². The lowest BCUT2D eigenvalue weighted by Crippen LogP contribution is -2.62. The Bertz CT molecular complexity index is 3290. The second-order valence-electron chi connectivity index (χ2n) is 23.9. The van der Waals surface area contributed by atoms with Gasteiger partial charge in [0.05, 0.1) is 44.0 Å². The van der Waals surface area contributed by atoms with Crippen LogP contribution in [-0.2, 0) is 72.0 Å². The fourth-order valence-corrected chi connectivity index (χ4v) is 10.5. The van der Waals surface area contributed by atoms with Gasteiger partial charge in [0.1, 0.15) is 60.1 Å². The van der Waals surface area contributed by atoms with Crippen molar-refractivity contribution >= 4 is 81.9 Å². The number of benzene rings is 2. The lowest BCUT2D eigenvalue weighted by atomic mass is 10.0. The molecule has 3 heterocycles. The number of guanidine groups is 1. The second kappa shape index (κ2) is 39.3. The van der Waals surface area contributed by atoms with Crippen molar-refractivity contribution in [2.45, 2.75) is 164 Å². The summed E-state index contributed by atoms with van der Waals surface area (Å²) in [6.07, 6.45) is 3.88. The van der Waals surface area contributed by atoms with Gasteiger partial charge in [-0.05, 0) is 107 Å². The average molecular weight is 1360 g/mol. The number of aliphatic hydroxyl groups excluding tert-OH is 4. The number of aromatic amines is 2. The molecule has 35 heteroatoms. The molecule has 2 aromatic carbocycles. The van der Waals surface area contributed by atoms with E-state index in [0.717, 1.165) is 24.2 Å². The van der Waals surface area contributed by atoms with Crippen LogP contribution in [0.4, 0.5) is 0 Å². The number of carboxylic acid groups (broad SMARTS) is 1. The first-order chi connectivity index (χ1) is 46.2. The predicted octanol–water partition coefficient (Wildman–Crippen LogP) is -5.89. The largest absolute Gasteiger partial charge is 0.508 e. The van der Waals surface area contributed by atoms with Gasteiger partial charge in [0.25, 0.3) is 0 Å². The number of aromatic hydroxyl groups is 1. The molecule has 35 nitrogen and oxygen atoms in total. The summed E-state index contributed by atoms with van der Waals surface area (Å²) in [6.45, 7) is 2.04. The Balaban J connectivity index is 1.31. The number of aliphatic carboxylic acids is 1. The molecule has 97 heavy (non-hydrogen) atoms. The molecule has 1 aliphatic rings. The minimum absolute atomic E-state index is 0.0184. The van der Waals surface area contributed by atoms with Crippen LogP contribution in [0.1, 0.15) is 89.0 Å². The maximum Gasteiger partial charge on any atom is 0.328 e. The summed E-state index contributed by atoms with van der Waals surface area (Å²) in [7, 11) is 0. The molecule has 1 saturated heterocycles. The first-order valence-corrected chi connectivity index (χ1v) is 31.8. The summed E-state index contributed by atoms with van der Waals surface area (Å²) in [5.41, 5.74) is 13.3. The number of carbonyl (C=O) groups excluding carboxylic acids is 10. The van der Waals surface area contributed by atoms with Crippen LogP contribution in [0.5, 0.6) is 5.75 Å². The van der Waals surface area contributed by atoms with Crippen LogP contribution in [0.25, 0.3) is 10.9 Å². The first kappa shape index (κ1) is 77.9. The van der Waals surface area contributed by atoms with E-state index in [1.807, 2.05) is 24.3 Å². The molecule has 0 aliphatic carbocycles. The summed E-state index contributed by atoms with van der Waals surface area (Å²) in [4.78, 5) is 162. The minimum Gasteiger partial charge on any atom is -0.508 e. The van der Waals surface area contributed by atoms with E-state index in [4.69, 9.17) is 16.9 Å². The molecular weight excluding hydrogens is 1270 g/mol. The third kappa shape index (κ3) is 25.0. The molecule has 1 fully saturated rings. The SMILES string of the molecule is CC(C)C[C@H](NC(=O)[C@H](Cc1c[nH]cn1)NC(=O)[C@H](Cc1c[nH]c2ccccc12)NC(=O)[C@@H]1CCCN1)C(=O)N[C@@H](CO)C(=O)N[C@@H](CO)C(=O)N[C@@H](CCCCN)C(=O)N[C@@H](Cc1ccc(O)cc1)C(=O)N[C@@H](CO)C(=O)N[C@@H](CCCNC(=N)N)C(=O)N[C@H](C(=O)O)[C@@H](C)O. The van der Waals surface area contributed by atoms with Gasteiger partial charge < -0.3 is 116 Å². The number of phenolic OH excluding ortho intramolecular Hbond substituents is 1. The van der Waals surface area contributed by atoms with E-state index in [0.29, 0.717) is 36.2 Å². The van der Waals surface area contributed by atoms with Crippen molar-refractivity contribution in [1.29, 1.82) is 5.41 Å². The van der Waals surface area contributed by atoms with E-state index in [1.165, 1.54) is 36.8 Å². The number of unbranched alkanes of at least 4 members (excludes halogenated alkanes) is 1. The molecule has 532 valence electrons. The Morgan fingerprint density at radius 3 is 1.61 bits per heavy atom. The predicted molar refractivity (Wildman–Crippen MR) is 349 cm³/mol. The number of para-hydroxylation sites is 1. The van der Waals surface area contributed by atoms with Crippen molar-refractivity contribution in [3.05, 3.63) is 84.1 Å². The average Bonchev–Trinajstić information content (AvgIpc) is 1.73. The number of nitrogens with two attached hydrogens (primary N) is 2. The number of aromatic nitrogens is 3. The Morgan fingerprint density at radius 2 is 1.10 bits per heavy atom. The minimum atomic E-state index is -1.88. The molecule has 1 aliphatic heterocycles. The van der Waals surface area contributed by atoms with Crippen molar-refractivity contribution in [2.75, 3.05) is 39.5 Å². The molecule has 0 saturated carbocycles. The topological polar surface area (TPSA) is 574 Å². The number of phenols is 1. The highest BCUT2D eigenvalue weighted by Crippen LogP contribution is 2.21. The Morgan fingerprint density at radius 1 is 0.608 bits per heavy atom. The lowest BCUT2D eigenvalue weighted by Gasteiger charge is -2.28. The van der Waals surface area contributed by atoms with E-state index in [-0.39, 0.29) is 76.1 Å². The Hall–Kier alpha value is -9.81. The molecule has 0 radical (unpaired) electrons. The molecular formula is C62H92N18O17. The third-order valence-corrected chi connectivity index (χ3v) is 15.7. The van der Waals surface area contributed by atoms with Gasteiger partial charge in [0.2, 0.25) is 59.1 Å². The number of H-pyrrole nitrogens is 2. The van der Waals surface area contributed by atoms with Crippen LogP contribution in [0, 0.1) is 11.3 Å². The van der Waals surface area contributed by atoms with Gasteiger partial charge in [-0.15, -0.1) is 0 Å². The molecule has 4 aromatic rings. The highest BCUT2D eigenvalue weighted by Gasteiger charge is 2.38. The van der Waals surface area contributed by atoms with Gasteiger partial charge in [-0.1, -0.05) is 44.2 Å². The number of nitrogens with one attached hydrogen (secondary N) is 15. The first-order valence-electron chi connectivity index (χ1n) is 31.8. The molecule has 5 rings (SSSR count). The number of hydrogen-bond acceptors (Lipinski definition) is 20. The van der Waals surface area contributed by atoms with Crippen molar-refractivity contribution in [2.24, 2.45) is 17.4 Å². The smallest absolute Gasteiger partial charge is 0.328 e. The zero-order valence-corrected chi connectivity index (χ0v) is 54.2. The number of carbonyl (C=O) groups is 11. The van der Waals surface area contributed by atoms with E-state index in [1.54, 1.807) is 20.0 Å². The summed E-state index contributed by atoms with van der Waals surface area (Å²) >= 11 is 0. The van der Waals surface area contributed by atoms with Gasteiger partial charge in [0, 0.05) is 49.1 Å². The van der Waals surface area contributed by atoms with Crippen molar-refractivity contribution in [3.8, 4) is 5.75 Å². The number of fused-ring (bicyclic) bond motifs is 1. The molecule has 0 bridgehead atoms. The molecule has 12 atom stereocenters.